The topological polar surface area (TPSA) is 65.1 Å². The van der Waals surface area contributed by atoms with Gasteiger partial charge in [0, 0.05) is 12.1 Å². The van der Waals surface area contributed by atoms with E-state index in [0.29, 0.717) is 23.2 Å². The third-order valence-corrected chi connectivity index (χ3v) is 3.53. The zero-order valence-electron chi connectivity index (χ0n) is 11.0. The first kappa shape index (κ1) is 15.3. The number of ether oxygens (including phenoxy) is 1. The molecule has 0 spiro atoms. The number of rotatable bonds is 6. The smallest absolute Gasteiger partial charge is 0.0893 e. The molecule has 1 unspecified atom stereocenters. The zero-order valence-corrected chi connectivity index (χ0v) is 12.5. The highest BCUT2D eigenvalue weighted by molar-refractivity contribution is 6.31. The van der Waals surface area contributed by atoms with Gasteiger partial charge in [0.1, 0.15) is 0 Å². The minimum Gasteiger partial charge on any atom is -0.383 e. The second-order valence-corrected chi connectivity index (χ2v) is 5.09. The van der Waals surface area contributed by atoms with Crippen LogP contribution in [0.4, 0.5) is 0 Å². The third kappa shape index (κ3) is 3.31. The number of methoxy groups -OCH3 is 1. The van der Waals surface area contributed by atoms with Crippen LogP contribution in [0.2, 0.25) is 10.0 Å². The fourth-order valence-electron chi connectivity index (χ4n) is 2.00. The molecule has 0 saturated carbocycles. The molecule has 2 rings (SSSR count). The van der Waals surface area contributed by atoms with Gasteiger partial charge in [-0.25, -0.2) is 5.43 Å². The van der Waals surface area contributed by atoms with Gasteiger partial charge in [0.15, 0.2) is 0 Å². The molecule has 0 aliphatic carbocycles. The Bertz CT molecular complexity index is 556. The Hall–Kier alpha value is -1.11. The van der Waals surface area contributed by atoms with Gasteiger partial charge in [0.25, 0.3) is 0 Å². The Morgan fingerprint density at radius 1 is 1.35 bits per heavy atom. The highest BCUT2D eigenvalue weighted by Gasteiger charge is 2.21. The lowest BCUT2D eigenvalue weighted by Crippen LogP contribution is -2.31. The normalized spacial score (nSPS) is 12.6. The number of hydrazine groups is 1. The lowest BCUT2D eigenvalue weighted by molar-refractivity contribution is 0.182. The summed E-state index contributed by atoms with van der Waals surface area (Å²) in [6.45, 7) is 1.15. The van der Waals surface area contributed by atoms with Gasteiger partial charge in [0.05, 0.1) is 36.1 Å². The quantitative estimate of drug-likeness (QED) is 0.634. The molecule has 0 aliphatic heterocycles. The van der Waals surface area contributed by atoms with Gasteiger partial charge in [-0.2, -0.15) is 5.10 Å². The van der Waals surface area contributed by atoms with Crippen molar-refractivity contribution < 1.29 is 4.74 Å². The van der Waals surface area contributed by atoms with Crippen molar-refractivity contribution in [3.05, 3.63) is 51.8 Å². The summed E-state index contributed by atoms with van der Waals surface area (Å²) < 4.78 is 6.85. The average molecular weight is 315 g/mol. The van der Waals surface area contributed by atoms with Crippen LogP contribution in [0.1, 0.15) is 17.3 Å². The number of hydrogen-bond acceptors (Lipinski definition) is 4. The highest BCUT2D eigenvalue weighted by atomic mass is 35.5. The summed E-state index contributed by atoms with van der Waals surface area (Å²) in [6, 6.07) is 7.16. The Labute approximate surface area is 127 Å². The molecular formula is C13H16Cl2N4O. The Morgan fingerprint density at radius 2 is 2.05 bits per heavy atom. The number of hydrogen-bond donors (Lipinski definition) is 2. The van der Waals surface area contributed by atoms with Crippen molar-refractivity contribution in [1.29, 1.82) is 0 Å². The van der Waals surface area contributed by atoms with Crippen molar-refractivity contribution in [2.75, 3.05) is 13.7 Å². The first-order chi connectivity index (χ1) is 9.67. The SMILES string of the molecule is COCCn1ncc(Cl)c1C(NN)c1ccc(Cl)cc1. The number of nitrogens with two attached hydrogens (primary N) is 1. The lowest BCUT2D eigenvalue weighted by Gasteiger charge is -2.19. The summed E-state index contributed by atoms with van der Waals surface area (Å²) in [4.78, 5) is 0. The van der Waals surface area contributed by atoms with Gasteiger partial charge >= 0.3 is 0 Å². The number of aromatic nitrogens is 2. The van der Waals surface area contributed by atoms with Crippen molar-refractivity contribution in [2.24, 2.45) is 5.84 Å². The molecule has 3 N–H and O–H groups in total. The predicted octanol–water partition coefficient (Wildman–Crippen LogP) is 2.39. The van der Waals surface area contributed by atoms with Crippen LogP contribution in [0.25, 0.3) is 0 Å². The minimum absolute atomic E-state index is 0.265. The van der Waals surface area contributed by atoms with Crippen LogP contribution in [0.5, 0.6) is 0 Å². The van der Waals surface area contributed by atoms with E-state index in [-0.39, 0.29) is 6.04 Å². The summed E-state index contributed by atoms with van der Waals surface area (Å²) in [5, 5.41) is 5.47. The van der Waals surface area contributed by atoms with Crippen molar-refractivity contribution >= 4 is 23.2 Å². The first-order valence-corrected chi connectivity index (χ1v) is 6.84. The van der Waals surface area contributed by atoms with E-state index in [9.17, 15) is 0 Å². The number of benzene rings is 1. The van der Waals surface area contributed by atoms with E-state index in [0.717, 1.165) is 11.3 Å². The van der Waals surface area contributed by atoms with Gasteiger partial charge in [-0.05, 0) is 17.7 Å². The summed E-state index contributed by atoms with van der Waals surface area (Å²) in [7, 11) is 1.64. The van der Waals surface area contributed by atoms with Crippen molar-refractivity contribution in [3.8, 4) is 0 Å². The van der Waals surface area contributed by atoms with Gasteiger partial charge in [-0.1, -0.05) is 35.3 Å². The van der Waals surface area contributed by atoms with E-state index in [1.807, 2.05) is 24.3 Å². The van der Waals surface area contributed by atoms with Gasteiger partial charge in [-0.3, -0.25) is 10.5 Å². The molecule has 0 radical (unpaired) electrons. The molecule has 1 aromatic heterocycles. The van der Waals surface area contributed by atoms with Crippen molar-refractivity contribution in [2.45, 2.75) is 12.6 Å². The second kappa shape index (κ2) is 7.06. The third-order valence-electron chi connectivity index (χ3n) is 2.98. The van der Waals surface area contributed by atoms with Gasteiger partial charge in [-0.15, -0.1) is 0 Å². The first-order valence-electron chi connectivity index (χ1n) is 6.09. The predicted molar refractivity (Wildman–Crippen MR) is 79.7 cm³/mol. The molecule has 5 nitrogen and oxygen atoms in total. The molecule has 1 aromatic carbocycles. The molecule has 108 valence electrons. The minimum atomic E-state index is -0.265. The van der Waals surface area contributed by atoms with E-state index in [2.05, 4.69) is 10.5 Å². The molecular weight excluding hydrogens is 299 g/mol. The van der Waals surface area contributed by atoms with Crippen LogP contribution >= 0.6 is 23.2 Å². The van der Waals surface area contributed by atoms with Crippen LogP contribution in [0, 0.1) is 0 Å². The summed E-state index contributed by atoms with van der Waals surface area (Å²) >= 11 is 12.1. The van der Waals surface area contributed by atoms with Gasteiger partial charge < -0.3 is 4.74 Å². The fourth-order valence-corrected chi connectivity index (χ4v) is 2.38. The van der Waals surface area contributed by atoms with E-state index in [4.69, 9.17) is 33.8 Å². The monoisotopic (exact) mass is 314 g/mol. The number of nitrogens with one attached hydrogen (secondary N) is 1. The van der Waals surface area contributed by atoms with Crippen LogP contribution in [-0.4, -0.2) is 23.5 Å². The summed E-state index contributed by atoms with van der Waals surface area (Å²) in [5.41, 5.74) is 4.52. The van der Waals surface area contributed by atoms with Crippen LogP contribution in [0.3, 0.4) is 0 Å². The second-order valence-electron chi connectivity index (χ2n) is 4.24. The van der Waals surface area contributed by atoms with E-state index >= 15 is 0 Å². The standard InChI is InChI=1S/C13H16Cl2N4O/c1-20-7-6-19-13(11(15)8-17-19)12(18-16)9-2-4-10(14)5-3-9/h2-5,8,12,18H,6-7,16H2,1H3. The Balaban J connectivity index is 2.35. The van der Waals surface area contributed by atoms with Gasteiger partial charge in [0.2, 0.25) is 0 Å². The lowest BCUT2D eigenvalue weighted by atomic mass is 10.0. The molecule has 2 aromatic rings. The van der Waals surface area contributed by atoms with Crippen LogP contribution < -0.4 is 11.3 Å². The Kier molecular flexibility index (Phi) is 5.39. The van der Waals surface area contributed by atoms with Crippen LogP contribution in [0.15, 0.2) is 30.5 Å². The van der Waals surface area contributed by atoms with Crippen LogP contribution in [-0.2, 0) is 11.3 Å². The average Bonchev–Trinajstić information content (AvgIpc) is 2.81. The summed E-state index contributed by atoms with van der Waals surface area (Å²) in [5.74, 6) is 5.69. The van der Waals surface area contributed by atoms with E-state index < -0.39 is 0 Å². The molecule has 0 bridgehead atoms. The largest absolute Gasteiger partial charge is 0.383 e. The molecule has 1 heterocycles. The van der Waals surface area contributed by atoms with Crippen molar-refractivity contribution in [1.82, 2.24) is 15.2 Å². The molecule has 0 fully saturated rings. The molecule has 20 heavy (non-hydrogen) atoms. The Morgan fingerprint density at radius 3 is 2.65 bits per heavy atom. The summed E-state index contributed by atoms with van der Waals surface area (Å²) in [6.07, 6.45) is 1.60. The van der Waals surface area contributed by atoms with E-state index in [1.54, 1.807) is 18.0 Å². The van der Waals surface area contributed by atoms with Crippen molar-refractivity contribution in [3.63, 3.8) is 0 Å². The van der Waals surface area contributed by atoms with E-state index in [1.165, 1.54) is 0 Å². The maximum Gasteiger partial charge on any atom is 0.0893 e. The maximum absolute atomic E-state index is 6.23. The maximum atomic E-state index is 6.23. The fraction of sp³-hybridized carbons (Fsp3) is 0.308. The number of halogens is 2. The molecule has 1 atom stereocenters. The zero-order chi connectivity index (χ0) is 14.5. The molecule has 0 amide bonds. The molecule has 7 heteroatoms. The number of nitrogens with zero attached hydrogens (tertiary/aromatic N) is 2. The highest BCUT2D eigenvalue weighted by Crippen LogP contribution is 2.28. The molecule has 0 saturated heterocycles. The molecule has 0 aliphatic rings.